The van der Waals surface area contributed by atoms with Crippen molar-refractivity contribution in [3.05, 3.63) is 12.2 Å². The van der Waals surface area contributed by atoms with Crippen LogP contribution in [0.15, 0.2) is 12.2 Å². The van der Waals surface area contributed by atoms with Crippen molar-refractivity contribution in [3.8, 4) is 0 Å². The minimum atomic E-state index is -0.535. The molecule has 0 amide bonds. The third kappa shape index (κ3) is 1.95. The van der Waals surface area contributed by atoms with Crippen LogP contribution in [0, 0.1) is 34.0 Å². The number of aliphatic hydroxyl groups is 3. The van der Waals surface area contributed by atoms with Crippen molar-refractivity contribution >= 4 is 0 Å². The number of rotatable bonds is 2. The van der Waals surface area contributed by atoms with E-state index in [1.54, 1.807) is 0 Å². The number of hydrogen-bond acceptors (Lipinski definition) is 4. The van der Waals surface area contributed by atoms with Gasteiger partial charge in [-0.25, -0.2) is 0 Å². The second-order valence-electron chi connectivity index (χ2n) is 10.6. The fourth-order valence-corrected chi connectivity index (χ4v) is 8.82. The summed E-state index contributed by atoms with van der Waals surface area (Å²) in [7, 11) is 0. The molecule has 0 aromatic carbocycles. The van der Waals surface area contributed by atoms with Crippen LogP contribution in [0.5, 0.6) is 0 Å². The number of β-amino-alcohol motifs (C(OH)–C–C–N with tert-alkyl or cyclic N) is 1. The van der Waals surface area contributed by atoms with Gasteiger partial charge in [0.05, 0.1) is 18.8 Å². The molecule has 0 aromatic heterocycles. The van der Waals surface area contributed by atoms with Crippen molar-refractivity contribution in [3.63, 3.8) is 0 Å². The molecular weight excluding hydrogens is 326 g/mol. The summed E-state index contributed by atoms with van der Waals surface area (Å²) in [5.74, 6) is 1.37. The lowest BCUT2D eigenvalue weighted by molar-refractivity contribution is -0.276. The first-order chi connectivity index (χ1) is 12.4. The number of hydrogen-bond donors (Lipinski definition) is 3. The molecular formula is C22H35NO3. The van der Waals surface area contributed by atoms with Crippen LogP contribution >= 0.6 is 0 Å². The van der Waals surface area contributed by atoms with Crippen molar-refractivity contribution in [1.82, 2.24) is 4.90 Å². The Hall–Kier alpha value is -0.420. The van der Waals surface area contributed by atoms with E-state index >= 15 is 0 Å². The lowest BCUT2D eigenvalue weighted by atomic mass is 9.34. The van der Waals surface area contributed by atoms with Crippen molar-refractivity contribution in [1.29, 1.82) is 0 Å². The van der Waals surface area contributed by atoms with Gasteiger partial charge in [-0.2, -0.15) is 0 Å². The lowest BCUT2D eigenvalue weighted by Gasteiger charge is -2.73. The second kappa shape index (κ2) is 5.56. The zero-order valence-corrected chi connectivity index (χ0v) is 16.2. The van der Waals surface area contributed by atoms with Gasteiger partial charge in [0.1, 0.15) is 0 Å². The van der Waals surface area contributed by atoms with E-state index in [1.807, 2.05) is 0 Å². The van der Waals surface area contributed by atoms with E-state index in [-0.39, 0.29) is 22.9 Å². The van der Waals surface area contributed by atoms with Gasteiger partial charge < -0.3 is 15.3 Å². The largest absolute Gasteiger partial charge is 0.395 e. The van der Waals surface area contributed by atoms with E-state index in [0.29, 0.717) is 17.8 Å². The Bertz CT molecular complexity index is 623. The zero-order chi connectivity index (χ0) is 18.3. The molecule has 1 aliphatic heterocycles. The summed E-state index contributed by atoms with van der Waals surface area (Å²) in [6.07, 6.45) is 6.77. The smallest absolute Gasteiger partial charge is 0.0834 e. The Kier molecular flexibility index (Phi) is 3.78. The van der Waals surface area contributed by atoms with E-state index < -0.39 is 12.2 Å². The summed E-state index contributed by atoms with van der Waals surface area (Å²) in [6.45, 7) is 9.72. The molecule has 26 heavy (non-hydrogen) atoms. The molecule has 1 saturated heterocycles. The molecule has 6 rings (SSSR count). The van der Waals surface area contributed by atoms with Gasteiger partial charge in [0, 0.05) is 25.0 Å². The van der Waals surface area contributed by atoms with Crippen molar-refractivity contribution in [2.45, 2.75) is 64.1 Å². The van der Waals surface area contributed by atoms with Gasteiger partial charge in [-0.1, -0.05) is 19.9 Å². The van der Waals surface area contributed by atoms with Crippen LogP contribution in [0.25, 0.3) is 0 Å². The normalized spacial score (nSPS) is 56.2. The molecule has 5 aliphatic carbocycles. The summed E-state index contributed by atoms with van der Waals surface area (Å²) in [5.41, 5.74) is 1.04. The van der Waals surface area contributed by atoms with Gasteiger partial charge in [0.2, 0.25) is 0 Å². The fraction of sp³-hybridized carbons (Fsp3) is 0.909. The average Bonchev–Trinajstić information content (AvgIpc) is 2.60. The summed E-state index contributed by atoms with van der Waals surface area (Å²) < 4.78 is 0. The lowest BCUT2D eigenvalue weighted by Crippen LogP contribution is -2.74. The second-order valence-corrected chi connectivity index (χ2v) is 10.6. The molecule has 6 fully saturated rings. The first kappa shape index (κ1) is 17.7. The van der Waals surface area contributed by atoms with Crippen LogP contribution in [-0.2, 0) is 0 Å². The molecule has 1 heterocycles. The van der Waals surface area contributed by atoms with E-state index in [1.165, 1.54) is 19.3 Å². The van der Waals surface area contributed by atoms with Crippen molar-refractivity contribution in [2.24, 2.45) is 34.0 Å². The molecule has 146 valence electrons. The van der Waals surface area contributed by atoms with Crippen LogP contribution in [0.2, 0.25) is 0 Å². The highest BCUT2D eigenvalue weighted by Gasteiger charge is 2.72. The number of fused-ring (bicyclic) bond motifs is 2. The minimum absolute atomic E-state index is 0.194. The molecule has 5 saturated carbocycles. The van der Waals surface area contributed by atoms with Gasteiger partial charge in [-0.3, -0.25) is 4.90 Å². The third-order valence-corrected chi connectivity index (χ3v) is 9.70. The maximum atomic E-state index is 11.4. The summed E-state index contributed by atoms with van der Waals surface area (Å²) in [5, 5.41) is 32.2. The van der Waals surface area contributed by atoms with E-state index in [4.69, 9.17) is 0 Å². The summed E-state index contributed by atoms with van der Waals surface area (Å²) >= 11 is 0. The molecule has 0 aromatic rings. The van der Waals surface area contributed by atoms with Gasteiger partial charge in [0.15, 0.2) is 0 Å². The summed E-state index contributed by atoms with van der Waals surface area (Å²) in [6, 6.07) is 0. The quantitative estimate of drug-likeness (QED) is 0.660. The fourth-order valence-electron chi connectivity index (χ4n) is 8.82. The summed E-state index contributed by atoms with van der Waals surface area (Å²) in [4.78, 5) is 2.49. The minimum Gasteiger partial charge on any atom is -0.395 e. The molecule has 4 heteroatoms. The highest BCUT2D eigenvalue weighted by Crippen LogP contribution is 2.73. The van der Waals surface area contributed by atoms with Crippen molar-refractivity contribution < 1.29 is 15.3 Å². The average molecular weight is 362 g/mol. The van der Waals surface area contributed by atoms with E-state index in [0.717, 1.165) is 50.9 Å². The Labute approximate surface area is 157 Å². The monoisotopic (exact) mass is 361 g/mol. The molecule has 0 radical (unpaired) electrons. The van der Waals surface area contributed by atoms with E-state index in [9.17, 15) is 15.3 Å². The Morgan fingerprint density at radius 1 is 1.12 bits per heavy atom. The Balaban J connectivity index is 1.62. The molecule has 4 bridgehead atoms. The van der Waals surface area contributed by atoms with Crippen LogP contribution < -0.4 is 0 Å². The number of piperidine rings is 1. The van der Waals surface area contributed by atoms with Gasteiger partial charge >= 0.3 is 0 Å². The SMILES string of the molecule is C=C1[C@H]2CC[C@@]3([C@H](O)C[C@@H]4C5(C)CCCC4(CN(CCO)C5)[C@@H]3C2)[C@H]1O. The van der Waals surface area contributed by atoms with Crippen LogP contribution in [0.4, 0.5) is 0 Å². The number of likely N-dealkylation sites (tertiary alicyclic amines) is 1. The third-order valence-electron chi connectivity index (χ3n) is 9.70. The van der Waals surface area contributed by atoms with Crippen LogP contribution in [-0.4, -0.2) is 58.7 Å². The van der Waals surface area contributed by atoms with Crippen LogP contribution in [0.1, 0.15) is 51.9 Å². The maximum absolute atomic E-state index is 11.4. The van der Waals surface area contributed by atoms with Crippen LogP contribution in [0.3, 0.4) is 0 Å². The molecule has 1 spiro atoms. The first-order valence-electron chi connectivity index (χ1n) is 10.8. The molecule has 3 N–H and O–H groups in total. The number of nitrogens with zero attached hydrogens (tertiary/aromatic N) is 1. The number of aliphatic hydroxyl groups excluding tert-OH is 3. The molecule has 8 atom stereocenters. The highest BCUT2D eigenvalue weighted by molar-refractivity contribution is 5.29. The van der Waals surface area contributed by atoms with Gasteiger partial charge in [0.25, 0.3) is 0 Å². The Morgan fingerprint density at radius 2 is 1.92 bits per heavy atom. The topological polar surface area (TPSA) is 63.9 Å². The zero-order valence-electron chi connectivity index (χ0n) is 16.2. The highest BCUT2D eigenvalue weighted by atomic mass is 16.3. The predicted octanol–water partition coefficient (Wildman–Crippen LogP) is 2.19. The predicted molar refractivity (Wildman–Crippen MR) is 100 cm³/mol. The van der Waals surface area contributed by atoms with E-state index in [2.05, 4.69) is 18.4 Å². The molecule has 6 aliphatic rings. The standard InChI is InChI=1S/C22H35NO3/c1-14-15-4-7-22(19(14)26)17(10-15)21-6-3-5-20(2,16(21)11-18(22)25)12-23(13-21)8-9-24/h15-19,24-26H,1,3-13H2,2H3/t15-,16+,17-,18+,19-,20?,21?,22+/m0/s1. The van der Waals surface area contributed by atoms with Gasteiger partial charge in [-0.15, -0.1) is 0 Å². The molecule has 2 unspecified atom stereocenters. The maximum Gasteiger partial charge on any atom is 0.0834 e. The Morgan fingerprint density at radius 3 is 2.69 bits per heavy atom. The van der Waals surface area contributed by atoms with Gasteiger partial charge in [-0.05, 0) is 72.7 Å². The first-order valence-corrected chi connectivity index (χ1v) is 10.8. The molecule has 4 nitrogen and oxygen atoms in total. The van der Waals surface area contributed by atoms with Crippen molar-refractivity contribution in [2.75, 3.05) is 26.2 Å².